The van der Waals surface area contributed by atoms with E-state index in [9.17, 15) is 0 Å². The van der Waals surface area contributed by atoms with Gasteiger partial charge in [0, 0.05) is 13.1 Å². The molecule has 0 saturated carbocycles. The van der Waals surface area contributed by atoms with Crippen LogP contribution in [-0.2, 0) is 0 Å². The Morgan fingerprint density at radius 1 is 1.06 bits per heavy atom. The molecule has 0 aliphatic rings. The SMILES string of the molecule is N#Cc1c(Cl)c(Cl)c(Cl)c(Cl)c1NCCN. The van der Waals surface area contributed by atoms with Crippen molar-refractivity contribution in [3.63, 3.8) is 0 Å². The first-order valence-electron chi connectivity index (χ1n) is 4.24. The van der Waals surface area contributed by atoms with E-state index in [2.05, 4.69) is 5.32 Å². The smallest absolute Gasteiger partial charge is 0.103 e. The van der Waals surface area contributed by atoms with Crippen LogP contribution in [-0.4, -0.2) is 13.1 Å². The van der Waals surface area contributed by atoms with Crippen molar-refractivity contribution in [1.82, 2.24) is 0 Å². The summed E-state index contributed by atoms with van der Waals surface area (Å²) in [5.74, 6) is 0. The second-order valence-corrected chi connectivity index (χ2v) is 4.35. The van der Waals surface area contributed by atoms with Gasteiger partial charge in [0.1, 0.15) is 6.07 Å². The third kappa shape index (κ3) is 2.48. The van der Waals surface area contributed by atoms with Crippen molar-refractivity contribution in [3.8, 4) is 6.07 Å². The normalized spacial score (nSPS) is 10.0. The molecule has 0 aliphatic heterocycles. The minimum Gasteiger partial charge on any atom is -0.381 e. The molecule has 86 valence electrons. The molecule has 0 aromatic heterocycles. The molecule has 0 saturated heterocycles. The van der Waals surface area contributed by atoms with Crippen molar-refractivity contribution < 1.29 is 0 Å². The summed E-state index contributed by atoms with van der Waals surface area (Å²) < 4.78 is 0. The molecule has 0 atom stereocenters. The fourth-order valence-electron chi connectivity index (χ4n) is 1.10. The molecule has 0 aliphatic carbocycles. The summed E-state index contributed by atoms with van der Waals surface area (Å²) in [6.45, 7) is 0.835. The van der Waals surface area contributed by atoms with Crippen LogP contribution in [0, 0.1) is 11.3 Å². The summed E-state index contributed by atoms with van der Waals surface area (Å²) in [6, 6.07) is 1.92. The molecule has 0 bridgehead atoms. The summed E-state index contributed by atoms with van der Waals surface area (Å²) in [7, 11) is 0. The third-order valence-corrected chi connectivity index (χ3v) is 3.63. The highest BCUT2D eigenvalue weighted by Crippen LogP contribution is 2.43. The summed E-state index contributed by atoms with van der Waals surface area (Å²) in [6.07, 6.45) is 0. The Kier molecular flexibility index (Phi) is 4.97. The highest BCUT2D eigenvalue weighted by atomic mass is 35.5. The second kappa shape index (κ2) is 5.81. The minimum atomic E-state index is 0.0724. The maximum absolute atomic E-state index is 8.97. The van der Waals surface area contributed by atoms with Crippen LogP contribution in [0.2, 0.25) is 20.1 Å². The first-order valence-corrected chi connectivity index (χ1v) is 5.75. The molecule has 1 rings (SSSR count). The van der Waals surface area contributed by atoms with Crippen LogP contribution >= 0.6 is 46.4 Å². The summed E-state index contributed by atoms with van der Waals surface area (Å²) in [5.41, 5.74) is 5.86. The lowest BCUT2D eigenvalue weighted by atomic mass is 10.2. The number of hydrogen-bond acceptors (Lipinski definition) is 3. The predicted molar refractivity (Wildman–Crippen MR) is 68.7 cm³/mol. The van der Waals surface area contributed by atoms with Gasteiger partial charge in [0.15, 0.2) is 0 Å². The Morgan fingerprint density at radius 3 is 2.12 bits per heavy atom. The number of nitriles is 1. The van der Waals surface area contributed by atoms with Crippen LogP contribution in [0.15, 0.2) is 0 Å². The molecule has 0 amide bonds. The minimum absolute atomic E-state index is 0.0724. The number of nitrogens with zero attached hydrogens (tertiary/aromatic N) is 1. The van der Waals surface area contributed by atoms with Gasteiger partial charge in [-0.3, -0.25) is 0 Å². The molecule has 0 fully saturated rings. The van der Waals surface area contributed by atoms with E-state index in [4.69, 9.17) is 57.4 Å². The number of nitrogens with two attached hydrogens (primary N) is 1. The van der Waals surface area contributed by atoms with Gasteiger partial charge in [0.05, 0.1) is 31.3 Å². The Bertz CT molecular complexity index is 453. The van der Waals surface area contributed by atoms with Crippen LogP contribution in [0.1, 0.15) is 5.56 Å². The Labute approximate surface area is 113 Å². The predicted octanol–water partition coefficient (Wildman–Crippen LogP) is 3.54. The van der Waals surface area contributed by atoms with Gasteiger partial charge >= 0.3 is 0 Å². The largest absolute Gasteiger partial charge is 0.381 e. The van der Waals surface area contributed by atoms with E-state index >= 15 is 0 Å². The molecule has 0 radical (unpaired) electrons. The van der Waals surface area contributed by atoms with Crippen LogP contribution in [0.3, 0.4) is 0 Å². The van der Waals surface area contributed by atoms with Gasteiger partial charge in [-0.05, 0) is 0 Å². The van der Waals surface area contributed by atoms with Gasteiger partial charge in [-0.2, -0.15) is 5.26 Å². The lowest BCUT2D eigenvalue weighted by Crippen LogP contribution is -2.14. The lowest BCUT2D eigenvalue weighted by molar-refractivity contribution is 1.02. The van der Waals surface area contributed by atoms with Crippen molar-refractivity contribution in [2.24, 2.45) is 5.73 Å². The Balaban J connectivity index is 3.40. The second-order valence-electron chi connectivity index (χ2n) is 2.83. The summed E-state index contributed by atoms with van der Waals surface area (Å²) in [5, 5.41) is 12.3. The topological polar surface area (TPSA) is 61.8 Å². The molecule has 0 heterocycles. The maximum atomic E-state index is 8.97. The monoisotopic (exact) mass is 297 g/mol. The number of nitrogens with one attached hydrogen (secondary N) is 1. The number of halogens is 4. The van der Waals surface area contributed by atoms with E-state index in [0.717, 1.165) is 0 Å². The summed E-state index contributed by atoms with van der Waals surface area (Å²) >= 11 is 23.5. The zero-order chi connectivity index (χ0) is 12.3. The lowest BCUT2D eigenvalue weighted by Gasteiger charge is -2.13. The van der Waals surface area contributed by atoms with Gasteiger partial charge in [-0.25, -0.2) is 0 Å². The maximum Gasteiger partial charge on any atom is 0.103 e. The molecule has 1 aromatic rings. The van der Waals surface area contributed by atoms with Crippen molar-refractivity contribution in [2.45, 2.75) is 0 Å². The third-order valence-electron chi connectivity index (χ3n) is 1.83. The van der Waals surface area contributed by atoms with E-state index in [-0.39, 0.29) is 25.7 Å². The van der Waals surface area contributed by atoms with Crippen molar-refractivity contribution in [2.75, 3.05) is 18.4 Å². The highest BCUT2D eigenvalue weighted by molar-refractivity contribution is 6.53. The summed E-state index contributed by atoms with van der Waals surface area (Å²) in [4.78, 5) is 0. The molecular formula is C9H7Cl4N3. The van der Waals surface area contributed by atoms with Crippen LogP contribution in [0.5, 0.6) is 0 Å². The van der Waals surface area contributed by atoms with E-state index in [1.807, 2.05) is 6.07 Å². The number of anilines is 1. The molecule has 0 spiro atoms. The van der Waals surface area contributed by atoms with Crippen LogP contribution in [0.25, 0.3) is 0 Å². The first-order chi connectivity index (χ1) is 7.54. The molecular weight excluding hydrogens is 292 g/mol. The van der Waals surface area contributed by atoms with Gasteiger partial charge in [-0.1, -0.05) is 46.4 Å². The van der Waals surface area contributed by atoms with E-state index in [1.54, 1.807) is 0 Å². The zero-order valence-corrected chi connectivity index (χ0v) is 11.0. The van der Waals surface area contributed by atoms with Crippen LogP contribution in [0.4, 0.5) is 5.69 Å². The fraction of sp³-hybridized carbons (Fsp3) is 0.222. The molecule has 16 heavy (non-hydrogen) atoms. The van der Waals surface area contributed by atoms with Crippen molar-refractivity contribution >= 4 is 52.1 Å². The molecule has 3 N–H and O–H groups in total. The average Bonchev–Trinajstić information content (AvgIpc) is 2.29. The number of benzene rings is 1. The molecule has 3 nitrogen and oxygen atoms in total. The first kappa shape index (κ1) is 13.7. The number of rotatable bonds is 3. The zero-order valence-electron chi connectivity index (χ0n) is 7.95. The molecule has 0 unspecified atom stereocenters. The standard InChI is InChI=1S/C9H7Cl4N3/c10-5-4(3-15)9(16-2-1-14)8(13)7(12)6(5)11/h16H,1-2,14H2. The van der Waals surface area contributed by atoms with Gasteiger partial charge in [-0.15, -0.1) is 0 Å². The Hall–Kier alpha value is -0.370. The molecule has 7 heteroatoms. The quantitative estimate of drug-likeness (QED) is 0.663. The van der Waals surface area contributed by atoms with Gasteiger partial charge < -0.3 is 11.1 Å². The Morgan fingerprint density at radius 2 is 1.62 bits per heavy atom. The number of hydrogen-bond donors (Lipinski definition) is 2. The average molecular weight is 299 g/mol. The van der Waals surface area contributed by atoms with E-state index in [0.29, 0.717) is 18.8 Å². The van der Waals surface area contributed by atoms with Gasteiger partial charge in [0.25, 0.3) is 0 Å². The van der Waals surface area contributed by atoms with Crippen molar-refractivity contribution in [3.05, 3.63) is 25.7 Å². The van der Waals surface area contributed by atoms with E-state index in [1.165, 1.54) is 0 Å². The highest BCUT2D eigenvalue weighted by Gasteiger charge is 2.19. The van der Waals surface area contributed by atoms with Gasteiger partial charge in [0.2, 0.25) is 0 Å². The van der Waals surface area contributed by atoms with Crippen LogP contribution < -0.4 is 11.1 Å². The fourth-order valence-corrected chi connectivity index (χ4v) is 2.06. The molecule has 1 aromatic carbocycles. The van der Waals surface area contributed by atoms with E-state index < -0.39 is 0 Å². The van der Waals surface area contributed by atoms with Crippen molar-refractivity contribution in [1.29, 1.82) is 5.26 Å².